The number of aromatic nitrogens is 4. The summed E-state index contributed by atoms with van der Waals surface area (Å²) in [6, 6.07) is 9.55. The maximum absolute atomic E-state index is 11.2. The van der Waals surface area contributed by atoms with Crippen molar-refractivity contribution in [2.24, 2.45) is 0 Å². The molecule has 160 valence electrons. The summed E-state index contributed by atoms with van der Waals surface area (Å²) in [6.07, 6.45) is -1.07. The number of hydrogen-bond donors (Lipinski definition) is 4. The zero-order valence-electron chi connectivity index (χ0n) is 16.3. The van der Waals surface area contributed by atoms with Gasteiger partial charge in [0.2, 0.25) is 0 Å². The molecule has 3 aromatic heterocycles. The summed E-state index contributed by atoms with van der Waals surface area (Å²) >= 11 is 2.60. The Morgan fingerprint density at radius 1 is 1.26 bits per heavy atom. The molecule has 0 fully saturated rings. The van der Waals surface area contributed by atoms with Gasteiger partial charge in [-0.15, -0.1) is 21.5 Å². The smallest absolute Gasteiger partial charge is 0.355 e. The van der Waals surface area contributed by atoms with Crippen LogP contribution in [0.25, 0.3) is 10.2 Å². The Morgan fingerprint density at radius 2 is 2.06 bits per heavy atom. The van der Waals surface area contributed by atoms with Gasteiger partial charge in [0.1, 0.15) is 0 Å². The van der Waals surface area contributed by atoms with E-state index < -0.39 is 18.7 Å². The van der Waals surface area contributed by atoms with Crippen LogP contribution in [-0.2, 0) is 0 Å². The number of aliphatic hydroxyl groups excluding tert-OH is 2. The SMILES string of the molecule is Cc1cc(N(CC(O)CO)c2nc(C(=O)O)cs2)nnc1Nc1nc2ccccc2s1. The van der Waals surface area contributed by atoms with Crippen LogP contribution in [0.3, 0.4) is 0 Å². The van der Waals surface area contributed by atoms with E-state index in [0.717, 1.165) is 27.1 Å². The van der Waals surface area contributed by atoms with Crippen LogP contribution in [0, 0.1) is 6.92 Å². The molecule has 4 rings (SSSR count). The van der Waals surface area contributed by atoms with E-state index in [1.807, 2.05) is 31.2 Å². The maximum atomic E-state index is 11.2. The molecular weight excluding hydrogens is 440 g/mol. The van der Waals surface area contributed by atoms with Crippen molar-refractivity contribution >= 4 is 60.8 Å². The maximum Gasteiger partial charge on any atom is 0.355 e. The second-order valence-corrected chi connectivity index (χ2v) is 8.48. The number of aliphatic hydroxyl groups is 2. The summed E-state index contributed by atoms with van der Waals surface area (Å²) in [7, 11) is 0. The summed E-state index contributed by atoms with van der Waals surface area (Å²) < 4.78 is 1.05. The van der Waals surface area contributed by atoms with Crippen LogP contribution in [0.1, 0.15) is 16.1 Å². The van der Waals surface area contributed by atoms with Crippen LogP contribution >= 0.6 is 22.7 Å². The summed E-state index contributed by atoms with van der Waals surface area (Å²) in [5, 5.41) is 42.4. The molecule has 0 amide bonds. The molecule has 0 aliphatic rings. The number of hydrogen-bond acceptors (Lipinski definition) is 11. The van der Waals surface area contributed by atoms with Crippen molar-refractivity contribution in [1.29, 1.82) is 0 Å². The predicted octanol–water partition coefficient (Wildman–Crippen LogP) is 2.78. The minimum Gasteiger partial charge on any atom is -0.476 e. The third kappa shape index (κ3) is 4.61. The van der Waals surface area contributed by atoms with Gasteiger partial charge in [0, 0.05) is 5.38 Å². The highest BCUT2D eigenvalue weighted by Gasteiger charge is 2.21. The van der Waals surface area contributed by atoms with Crippen molar-refractivity contribution in [3.8, 4) is 0 Å². The van der Waals surface area contributed by atoms with Crippen molar-refractivity contribution in [3.05, 3.63) is 47.0 Å². The molecular formula is C19H18N6O4S2. The molecule has 10 nitrogen and oxygen atoms in total. The Morgan fingerprint density at radius 3 is 2.74 bits per heavy atom. The first-order valence-electron chi connectivity index (χ1n) is 9.17. The molecule has 0 aliphatic heterocycles. The molecule has 0 radical (unpaired) electrons. The molecule has 0 saturated carbocycles. The van der Waals surface area contributed by atoms with Gasteiger partial charge in [-0.2, -0.15) is 0 Å². The largest absolute Gasteiger partial charge is 0.476 e. The van der Waals surface area contributed by atoms with E-state index in [0.29, 0.717) is 21.9 Å². The average molecular weight is 459 g/mol. The van der Waals surface area contributed by atoms with Crippen LogP contribution in [0.5, 0.6) is 0 Å². The minimum atomic E-state index is -1.15. The van der Waals surface area contributed by atoms with Gasteiger partial charge in [0.15, 0.2) is 27.6 Å². The number of aromatic carboxylic acids is 1. The molecule has 0 aliphatic carbocycles. The van der Waals surface area contributed by atoms with E-state index in [4.69, 9.17) is 5.11 Å². The number of anilines is 4. The standard InChI is InChI=1S/C19H18N6O4S2/c1-10-6-15(25(7-11(27)8-26)19-21-13(9-30-19)17(28)29)23-24-16(10)22-18-20-12-4-2-3-5-14(12)31-18/h2-6,9,11,26-27H,7-8H2,1H3,(H,28,29)(H,20,22,24). The Balaban J connectivity index is 1.62. The summed E-state index contributed by atoms with van der Waals surface area (Å²) in [5.41, 5.74) is 1.55. The molecule has 12 heteroatoms. The van der Waals surface area contributed by atoms with Gasteiger partial charge in [-0.25, -0.2) is 14.8 Å². The van der Waals surface area contributed by atoms with E-state index in [1.54, 1.807) is 6.07 Å². The fraction of sp³-hybridized carbons (Fsp3) is 0.211. The second-order valence-electron chi connectivity index (χ2n) is 6.61. The van der Waals surface area contributed by atoms with Crippen molar-refractivity contribution in [2.45, 2.75) is 13.0 Å². The number of para-hydroxylation sites is 1. The first kappa shape index (κ1) is 21.1. The Hall–Kier alpha value is -3.19. The number of rotatable bonds is 8. The van der Waals surface area contributed by atoms with Gasteiger partial charge in [-0.3, -0.25) is 4.90 Å². The van der Waals surface area contributed by atoms with Crippen LogP contribution in [0.4, 0.5) is 21.9 Å². The number of carboxylic acids is 1. The van der Waals surface area contributed by atoms with E-state index in [9.17, 15) is 15.0 Å². The summed E-state index contributed by atoms with van der Waals surface area (Å²) in [4.78, 5) is 21.3. The Bertz CT molecular complexity index is 1190. The molecule has 1 unspecified atom stereocenters. The van der Waals surface area contributed by atoms with E-state index in [2.05, 4.69) is 25.5 Å². The fourth-order valence-corrected chi connectivity index (χ4v) is 4.46. The summed E-state index contributed by atoms with van der Waals surface area (Å²) in [6.45, 7) is 1.36. The number of carboxylic acid groups (broad SMARTS) is 1. The highest BCUT2D eigenvalue weighted by atomic mass is 32.1. The molecule has 0 saturated heterocycles. The zero-order valence-corrected chi connectivity index (χ0v) is 17.9. The van der Waals surface area contributed by atoms with Crippen molar-refractivity contribution in [3.63, 3.8) is 0 Å². The van der Waals surface area contributed by atoms with Crippen LogP contribution in [0.15, 0.2) is 35.7 Å². The van der Waals surface area contributed by atoms with E-state index in [1.165, 1.54) is 21.6 Å². The number of nitrogens with zero attached hydrogens (tertiary/aromatic N) is 5. The molecule has 4 N–H and O–H groups in total. The van der Waals surface area contributed by atoms with Crippen molar-refractivity contribution < 1.29 is 20.1 Å². The predicted molar refractivity (Wildman–Crippen MR) is 119 cm³/mol. The quantitative estimate of drug-likeness (QED) is 0.311. The first-order valence-corrected chi connectivity index (χ1v) is 10.9. The van der Waals surface area contributed by atoms with Gasteiger partial charge in [0.05, 0.1) is 29.5 Å². The van der Waals surface area contributed by atoms with Gasteiger partial charge in [0.25, 0.3) is 0 Å². The van der Waals surface area contributed by atoms with Crippen LogP contribution in [-0.4, -0.2) is 60.7 Å². The topological polar surface area (TPSA) is 145 Å². The number of carbonyl (C=O) groups is 1. The third-order valence-corrected chi connectivity index (χ3v) is 6.13. The lowest BCUT2D eigenvalue weighted by atomic mass is 10.3. The molecule has 3 heterocycles. The van der Waals surface area contributed by atoms with Crippen LogP contribution < -0.4 is 10.2 Å². The second kappa shape index (κ2) is 8.89. The Labute approximate surface area is 184 Å². The van der Waals surface area contributed by atoms with Crippen molar-refractivity contribution in [1.82, 2.24) is 20.2 Å². The number of thiazole rings is 2. The number of nitrogens with one attached hydrogen (secondary N) is 1. The average Bonchev–Trinajstić information content (AvgIpc) is 3.40. The normalized spacial score (nSPS) is 12.1. The number of benzene rings is 1. The molecule has 1 aromatic carbocycles. The number of fused-ring (bicyclic) bond motifs is 1. The lowest BCUT2D eigenvalue weighted by molar-refractivity contribution is 0.0691. The molecule has 4 aromatic rings. The fourth-order valence-electron chi connectivity index (χ4n) is 2.78. The van der Waals surface area contributed by atoms with Gasteiger partial charge < -0.3 is 20.6 Å². The minimum absolute atomic E-state index is 0.0260. The van der Waals surface area contributed by atoms with Crippen molar-refractivity contribution in [2.75, 3.05) is 23.4 Å². The monoisotopic (exact) mass is 458 g/mol. The zero-order chi connectivity index (χ0) is 22.0. The van der Waals surface area contributed by atoms with E-state index >= 15 is 0 Å². The van der Waals surface area contributed by atoms with Crippen LogP contribution in [0.2, 0.25) is 0 Å². The lowest BCUT2D eigenvalue weighted by Crippen LogP contribution is -2.31. The molecule has 31 heavy (non-hydrogen) atoms. The lowest BCUT2D eigenvalue weighted by Gasteiger charge is -2.23. The van der Waals surface area contributed by atoms with Gasteiger partial charge >= 0.3 is 5.97 Å². The van der Waals surface area contributed by atoms with Gasteiger partial charge in [-0.05, 0) is 30.7 Å². The highest BCUT2D eigenvalue weighted by Crippen LogP contribution is 2.31. The van der Waals surface area contributed by atoms with E-state index in [-0.39, 0.29) is 12.2 Å². The Kier molecular flexibility index (Phi) is 6.04. The third-order valence-electron chi connectivity index (χ3n) is 4.31. The first-order chi connectivity index (χ1) is 14.9. The van der Waals surface area contributed by atoms with Gasteiger partial charge in [-0.1, -0.05) is 23.5 Å². The molecule has 0 spiro atoms. The molecule has 0 bridgehead atoms. The highest BCUT2D eigenvalue weighted by molar-refractivity contribution is 7.22. The summed E-state index contributed by atoms with van der Waals surface area (Å²) in [5.74, 6) is -0.259. The number of aryl methyl sites for hydroxylation is 1. The molecule has 1 atom stereocenters.